The van der Waals surface area contributed by atoms with Crippen LogP contribution in [-0.2, 0) is 10.0 Å². The van der Waals surface area contributed by atoms with Gasteiger partial charge in [0, 0.05) is 16.6 Å². The zero-order valence-electron chi connectivity index (χ0n) is 16.3. The first-order valence-electron chi connectivity index (χ1n) is 9.42. The molecule has 30 heavy (non-hydrogen) atoms. The molecule has 0 aliphatic carbocycles. The highest BCUT2D eigenvalue weighted by molar-refractivity contribution is 7.92. The summed E-state index contributed by atoms with van der Waals surface area (Å²) in [6, 6.07) is 26.5. The Morgan fingerprint density at radius 1 is 0.733 bits per heavy atom. The van der Waals surface area contributed by atoms with Crippen molar-refractivity contribution in [3.05, 3.63) is 102 Å². The number of anilines is 2. The molecule has 0 aromatic heterocycles. The zero-order valence-corrected chi connectivity index (χ0v) is 17.1. The zero-order chi connectivity index (χ0) is 21.1. The SMILES string of the molecule is Cc1ccccc1NS(=O)(=O)c1ccc(C(=O)Nc2cccc3ccccc23)cc1. The smallest absolute Gasteiger partial charge is 0.261 e. The summed E-state index contributed by atoms with van der Waals surface area (Å²) in [7, 11) is -3.75. The van der Waals surface area contributed by atoms with Crippen molar-refractivity contribution in [3.63, 3.8) is 0 Å². The monoisotopic (exact) mass is 416 g/mol. The number of rotatable bonds is 5. The highest BCUT2D eigenvalue weighted by atomic mass is 32.2. The normalized spacial score (nSPS) is 11.2. The molecule has 0 radical (unpaired) electrons. The van der Waals surface area contributed by atoms with Gasteiger partial charge in [-0.05, 0) is 54.3 Å². The molecule has 0 atom stereocenters. The topological polar surface area (TPSA) is 75.3 Å². The fourth-order valence-electron chi connectivity index (χ4n) is 3.21. The molecule has 0 spiro atoms. The van der Waals surface area contributed by atoms with Crippen molar-refractivity contribution in [2.75, 3.05) is 10.0 Å². The molecule has 4 aromatic carbocycles. The third-order valence-corrected chi connectivity index (χ3v) is 6.24. The van der Waals surface area contributed by atoms with E-state index in [2.05, 4.69) is 10.0 Å². The Hall–Kier alpha value is -3.64. The number of para-hydroxylation sites is 1. The van der Waals surface area contributed by atoms with Crippen molar-refractivity contribution < 1.29 is 13.2 Å². The molecule has 0 fully saturated rings. The second kappa shape index (κ2) is 8.00. The Morgan fingerprint density at radius 2 is 1.37 bits per heavy atom. The van der Waals surface area contributed by atoms with Crippen LogP contribution >= 0.6 is 0 Å². The summed E-state index contributed by atoms with van der Waals surface area (Å²) in [6.45, 7) is 1.83. The van der Waals surface area contributed by atoms with Crippen LogP contribution in [0.25, 0.3) is 10.8 Å². The van der Waals surface area contributed by atoms with E-state index in [-0.39, 0.29) is 10.8 Å². The van der Waals surface area contributed by atoms with Crippen LogP contribution in [-0.4, -0.2) is 14.3 Å². The highest BCUT2D eigenvalue weighted by Gasteiger charge is 2.16. The van der Waals surface area contributed by atoms with Crippen molar-refractivity contribution in [3.8, 4) is 0 Å². The second-order valence-electron chi connectivity index (χ2n) is 6.93. The summed E-state index contributed by atoms with van der Waals surface area (Å²) < 4.78 is 27.9. The predicted molar refractivity (Wildman–Crippen MR) is 120 cm³/mol. The van der Waals surface area contributed by atoms with Crippen LogP contribution in [0.3, 0.4) is 0 Å². The first-order valence-corrected chi connectivity index (χ1v) is 10.9. The maximum atomic E-state index is 12.7. The van der Waals surface area contributed by atoms with Crippen molar-refractivity contribution in [2.24, 2.45) is 0 Å². The van der Waals surface area contributed by atoms with Crippen molar-refractivity contribution in [1.82, 2.24) is 0 Å². The minimum Gasteiger partial charge on any atom is -0.321 e. The molecule has 0 unspecified atom stereocenters. The summed E-state index contributed by atoms with van der Waals surface area (Å²) >= 11 is 0. The molecule has 0 bridgehead atoms. The van der Waals surface area contributed by atoms with Gasteiger partial charge in [-0.3, -0.25) is 9.52 Å². The fraction of sp³-hybridized carbons (Fsp3) is 0.0417. The predicted octanol–water partition coefficient (Wildman–Crippen LogP) is 5.20. The Balaban J connectivity index is 1.54. The number of carbonyl (C=O) groups excluding carboxylic acids is 1. The number of carbonyl (C=O) groups is 1. The third-order valence-electron chi connectivity index (χ3n) is 4.85. The molecule has 4 rings (SSSR count). The van der Waals surface area contributed by atoms with Gasteiger partial charge in [0.2, 0.25) is 0 Å². The van der Waals surface area contributed by atoms with Gasteiger partial charge in [-0.25, -0.2) is 8.42 Å². The molecule has 0 saturated carbocycles. The second-order valence-corrected chi connectivity index (χ2v) is 8.61. The van der Waals surface area contributed by atoms with E-state index in [0.29, 0.717) is 16.9 Å². The molecule has 150 valence electrons. The molecular weight excluding hydrogens is 396 g/mol. The van der Waals surface area contributed by atoms with Gasteiger partial charge >= 0.3 is 0 Å². The molecule has 0 aliphatic heterocycles. The maximum Gasteiger partial charge on any atom is 0.261 e. The number of hydrogen-bond acceptors (Lipinski definition) is 3. The Labute approximate surface area is 175 Å². The quantitative estimate of drug-likeness (QED) is 0.469. The lowest BCUT2D eigenvalue weighted by molar-refractivity contribution is 0.102. The average Bonchev–Trinajstić information content (AvgIpc) is 2.75. The summed E-state index contributed by atoms with van der Waals surface area (Å²) in [4.78, 5) is 12.8. The van der Waals surface area contributed by atoms with Gasteiger partial charge < -0.3 is 5.32 Å². The number of aryl methyl sites for hydroxylation is 1. The highest BCUT2D eigenvalue weighted by Crippen LogP contribution is 2.24. The van der Waals surface area contributed by atoms with Crippen LogP contribution in [0.15, 0.2) is 95.9 Å². The van der Waals surface area contributed by atoms with E-state index in [1.54, 1.807) is 12.1 Å². The number of sulfonamides is 1. The van der Waals surface area contributed by atoms with Crippen molar-refractivity contribution in [2.45, 2.75) is 11.8 Å². The Kier molecular flexibility index (Phi) is 5.25. The van der Waals surface area contributed by atoms with Gasteiger partial charge in [0.15, 0.2) is 0 Å². The van der Waals surface area contributed by atoms with E-state index in [4.69, 9.17) is 0 Å². The number of hydrogen-bond donors (Lipinski definition) is 2. The number of benzene rings is 4. The molecule has 4 aromatic rings. The van der Waals surface area contributed by atoms with Gasteiger partial charge in [-0.15, -0.1) is 0 Å². The van der Waals surface area contributed by atoms with E-state index in [1.165, 1.54) is 24.3 Å². The summed E-state index contributed by atoms with van der Waals surface area (Å²) in [5.74, 6) is -0.304. The average molecular weight is 417 g/mol. The van der Waals surface area contributed by atoms with Gasteiger partial charge in [0.25, 0.3) is 15.9 Å². The largest absolute Gasteiger partial charge is 0.321 e. The molecule has 2 N–H and O–H groups in total. The lowest BCUT2D eigenvalue weighted by atomic mass is 10.1. The molecule has 0 saturated heterocycles. The van der Waals surface area contributed by atoms with Crippen molar-refractivity contribution in [1.29, 1.82) is 0 Å². The molecule has 6 heteroatoms. The first-order chi connectivity index (χ1) is 14.4. The number of fused-ring (bicyclic) bond motifs is 1. The lowest BCUT2D eigenvalue weighted by Gasteiger charge is -2.11. The lowest BCUT2D eigenvalue weighted by Crippen LogP contribution is -2.15. The van der Waals surface area contributed by atoms with Crippen LogP contribution in [0.5, 0.6) is 0 Å². The summed E-state index contributed by atoms with van der Waals surface area (Å²) in [5, 5.41) is 4.87. The van der Waals surface area contributed by atoms with E-state index in [1.807, 2.05) is 61.5 Å². The van der Waals surface area contributed by atoms with Gasteiger partial charge in [-0.2, -0.15) is 0 Å². The van der Waals surface area contributed by atoms with Crippen molar-refractivity contribution >= 4 is 38.1 Å². The maximum absolute atomic E-state index is 12.7. The summed E-state index contributed by atoms with van der Waals surface area (Å²) in [6.07, 6.45) is 0. The first kappa shape index (κ1) is 19.7. The molecule has 0 aliphatic rings. The van der Waals surface area contributed by atoms with E-state index >= 15 is 0 Å². The Morgan fingerprint density at radius 3 is 2.13 bits per heavy atom. The Bertz CT molecular complexity index is 1320. The standard InChI is InChI=1S/C24H20N2O3S/c1-17-7-2-5-11-22(17)26-30(28,29)20-15-13-19(14-16-20)24(27)25-23-12-6-9-18-8-3-4-10-21(18)23/h2-16,26H,1H3,(H,25,27). The minimum absolute atomic E-state index is 0.0902. The third kappa shape index (κ3) is 4.04. The van der Waals surface area contributed by atoms with E-state index in [9.17, 15) is 13.2 Å². The van der Waals surface area contributed by atoms with E-state index < -0.39 is 10.0 Å². The minimum atomic E-state index is -3.75. The van der Waals surface area contributed by atoms with Crippen LogP contribution in [0, 0.1) is 6.92 Å². The molecule has 0 heterocycles. The molecule has 5 nitrogen and oxygen atoms in total. The van der Waals surface area contributed by atoms with Crippen LogP contribution in [0.1, 0.15) is 15.9 Å². The molecule has 1 amide bonds. The molecular formula is C24H20N2O3S. The van der Waals surface area contributed by atoms with Gasteiger partial charge in [0.05, 0.1) is 10.6 Å². The summed E-state index contributed by atoms with van der Waals surface area (Å²) in [5.41, 5.74) is 2.43. The van der Waals surface area contributed by atoms with Crippen LogP contribution < -0.4 is 10.0 Å². The van der Waals surface area contributed by atoms with Crippen LogP contribution in [0.4, 0.5) is 11.4 Å². The van der Waals surface area contributed by atoms with Gasteiger partial charge in [-0.1, -0.05) is 54.6 Å². The number of amides is 1. The van der Waals surface area contributed by atoms with E-state index in [0.717, 1.165) is 16.3 Å². The fourth-order valence-corrected chi connectivity index (χ4v) is 4.34. The number of nitrogens with one attached hydrogen (secondary N) is 2. The van der Waals surface area contributed by atoms with Gasteiger partial charge in [0.1, 0.15) is 0 Å². The van der Waals surface area contributed by atoms with Crippen LogP contribution in [0.2, 0.25) is 0 Å².